The fourth-order valence-electron chi connectivity index (χ4n) is 2.45. The van der Waals surface area contributed by atoms with Crippen LogP contribution in [0.25, 0.3) is 0 Å². The third kappa shape index (κ3) is 4.66. The molecule has 1 aliphatic rings. The Morgan fingerprint density at radius 3 is 2.82 bits per heavy atom. The molecule has 0 amide bonds. The van der Waals surface area contributed by atoms with Crippen molar-refractivity contribution in [2.24, 2.45) is 4.99 Å². The molecule has 22 heavy (non-hydrogen) atoms. The lowest BCUT2D eigenvalue weighted by Crippen LogP contribution is -2.37. The normalized spacial score (nSPS) is 16.4. The van der Waals surface area contributed by atoms with Crippen molar-refractivity contribution in [3.63, 3.8) is 0 Å². The van der Waals surface area contributed by atoms with Crippen LogP contribution < -0.4 is 20.1 Å². The van der Waals surface area contributed by atoms with Gasteiger partial charge in [-0.1, -0.05) is 6.92 Å². The molecular weight excluding hydrogens is 393 g/mol. The molecule has 0 spiro atoms. The summed E-state index contributed by atoms with van der Waals surface area (Å²) >= 11 is 0. The molecule has 2 rings (SSSR count). The van der Waals surface area contributed by atoms with Crippen molar-refractivity contribution in [3.05, 3.63) is 23.3 Å². The molecule has 1 unspecified atom stereocenters. The van der Waals surface area contributed by atoms with Crippen LogP contribution in [0, 0.1) is 0 Å². The third-order valence-electron chi connectivity index (χ3n) is 3.51. The number of nitrogens with one attached hydrogen (secondary N) is 2. The molecule has 0 aliphatic carbocycles. The number of halogens is 1. The van der Waals surface area contributed by atoms with Gasteiger partial charge >= 0.3 is 0 Å². The molecule has 0 aromatic heterocycles. The first kappa shape index (κ1) is 18.9. The highest BCUT2D eigenvalue weighted by molar-refractivity contribution is 14.0. The number of hydrogen-bond acceptors (Lipinski definition) is 3. The van der Waals surface area contributed by atoms with E-state index in [1.54, 1.807) is 14.2 Å². The van der Waals surface area contributed by atoms with Gasteiger partial charge in [-0.15, -0.1) is 24.0 Å². The van der Waals surface area contributed by atoms with Gasteiger partial charge in [-0.2, -0.15) is 0 Å². The zero-order chi connectivity index (χ0) is 15.2. The van der Waals surface area contributed by atoms with E-state index in [0.29, 0.717) is 6.54 Å². The van der Waals surface area contributed by atoms with E-state index < -0.39 is 0 Å². The molecule has 124 valence electrons. The third-order valence-corrected chi connectivity index (χ3v) is 3.51. The average molecular weight is 419 g/mol. The number of nitrogens with zero attached hydrogens (tertiary/aromatic N) is 1. The zero-order valence-corrected chi connectivity index (χ0v) is 16.1. The topological polar surface area (TPSA) is 54.9 Å². The molecule has 0 saturated carbocycles. The summed E-state index contributed by atoms with van der Waals surface area (Å²) in [4.78, 5) is 4.20. The number of aliphatic imine (C=N–C) groups is 1. The highest BCUT2D eigenvalue weighted by Crippen LogP contribution is 2.34. The molecule has 1 aromatic rings. The SMILES string of the molecule is CCCNC(=NC)NCc1cc2c(cc1OC)CC(C)O2.I. The van der Waals surface area contributed by atoms with Gasteiger partial charge < -0.3 is 20.1 Å². The summed E-state index contributed by atoms with van der Waals surface area (Å²) in [7, 11) is 3.48. The van der Waals surface area contributed by atoms with Crippen LogP contribution >= 0.6 is 24.0 Å². The van der Waals surface area contributed by atoms with Crippen molar-refractivity contribution >= 4 is 29.9 Å². The summed E-state index contributed by atoms with van der Waals surface area (Å²) in [5.74, 6) is 2.66. The molecule has 2 N–H and O–H groups in total. The van der Waals surface area contributed by atoms with Crippen LogP contribution in [0.2, 0.25) is 0 Å². The van der Waals surface area contributed by atoms with E-state index in [9.17, 15) is 0 Å². The number of fused-ring (bicyclic) bond motifs is 1. The smallest absolute Gasteiger partial charge is 0.191 e. The number of ether oxygens (including phenoxy) is 2. The Balaban J connectivity index is 0.00000242. The van der Waals surface area contributed by atoms with Crippen molar-refractivity contribution in [2.75, 3.05) is 20.7 Å². The van der Waals surface area contributed by atoms with Gasteiger partial charge in [0.15, 0.2) is 5.96 Å². The van der Waals surface area contributed by atoms with Crippen LogP contribution in [-0.4, -0.2) is 32.8 Å². The largest absolute Gasteiger partial charge is 0.496 e. The van der Waals surface area contributed by atoms with Gasteiger partial charge in [0, 0.05) is 37.7 Å². The first-order valence-electron chi connectivity index (χ1n) is 7.48. The molecule has 1 atom stereocenters. The summed E-state index contributed by atoms with van der Waals surface area (Å²) in [5.41, 5.74) is 2.29. The van der Waals surface area contributed by atoms with Crippen LogP contribution in [0.4, 0.5) is 0 Å². The molecular formula is C16H26IN3O2. The van der Waals surface area contributed by atoms with E-state index in [0.717, 1.165) is 42.4 Å². The number of rotatable bonds is 5. The highest BCUT2D eigenvalue weighted by Gasteiger charge is 2.21. The lowest BCUT2D eigenvalue weighted by molar-refractivity contribution is 0.254. The van der Waals surface area contributed by atoms with Crippen LogP contribution in [0.3, 0.4) is 0 Å². The predicted octanol–water partition coefficient (Wildman–Crippen LogP) is 2.71. The summed E-state index contributed by atoms with van der Waals surface area (Å²) in [6.45, 7) is 5.77. The van der Waals surface area contributed by atoms with Gasteiger partial charge in [0.05, 0.1) is 7.11 Å². The second-order valence-corrected chi connectivity index (χ2v) is 5.26. The van der Waals surface area contributed by atoms with E-state index >= 15 is 0 Å². The molecule has 0 radical (unpaired) electrons. The minimum atomic E-state index is 0. The molecule has 5 nitrogen and oxygen atoms in total. The van der Waals surface area contributed by atoms with E-state index in [-0.39, 0.29) is 30.1 Å². The van der Waals surface area contributed by atoms with Crippen molar-refractivity contribution < 1.29 is 9.47 Å². The fourth-order valence-corrected chi connectivity index (χ4v) is 2.45. The lowest BCUT2D eigenvalue weighted by atomic mass is 10.1. The quantitative estimate of drug-likeness (QED) is 0.438. The van der Waals surface area contributed by atoms with Crippen LogP contribution in [-0.2, 0) is 13.0 Å². The summed E-state index contributed by atoms with van der Waals surface area (Å²) in [6, 6.07) is 4.15. The van der Waals surface area contributed by atoms with Crippen molar-refractivity contribution in [3.8, 4) is 11.5 Å². The van der Waals surface area contributed by atoms with Crippen molar-refractivity contribution in [1.82, 2.24) is 10.6 Å². The van der Waals surface area contributed by atoms with Crippen LogP contribution in [0.15, 0.2) is 17.1 Å². The standard InChI is InChI=1S/C16H25N3O2.HI/c1-5-6-18-16(17-3)19-10-13-9-15-12(7-11(2)21-15)8-14(13)20-4;/h8-9,11H,5-7,10H2,1-4H3,(H2,17,18,19);1H. The maximum Gasteiger partial charge on any atom is 0.191 e. The Hall–Kier alpha value is -1.18. The van der Waals surface area contributed by atoms with Crippen LogP contribution in [0.5, 0.6) is 11.5 Å². The van der Waals surface area contributed by atoms with Gasteiger partial charge in [-0.05, 0) is 25.5 Å². The van der Waals surface area contributed by atoms with E-state index in [1.807, 2.05) is 0 Å². The van der Waals surface area contributed by atoms with Crippen LogP contribution in [0.1, 0.15) is 31.4 Å². The number of benzene rings is 1. The predicted molar refractivity (Wildman–Crippen MR) is 101 cm³/mol. The molecule has 1 heterocycles. The molecule has 6 heteroatoms. The number of methoxy groups -OCH3 is 1. The van der Waals surface area contributed by atoms with Gasteiger partial charge in [0.2, 0.25) is 0 Å². The van der Waals surface area contributed by atoms with Crippen molar-refractivity contribution in [2.45, 2.75) is 39.3 Å². The second-order valence-electron chi connectivity index (χ2n) is 5.26. The number of hydrogen-bond donors (Lipinski definition) is 2. The molecule has 1 aliphatic heterocycles. The minimum absolute atomic E-state index is 0. The Kier molecular flexibility index (Phi) is 7.78. The van der Waals surface area contributed by atoms with E-state index in [4.69, 9.17) is 9.47 Å². The van der Waals surface area contributed by atoms with Crippen molar-refractivity contribution in [1.29, 1.82) is 0 Å². The molecule has 0 bridgehead atoms. The van der Waals surface area contributed by atoms with E-state index in [2.05, 4.69) is 41.6 Å². The average Bonchev–Trinajstić information content (AvgIpc) is 2.85. The fraction of sp³-hybridized carbons (Fsp3) is 0.562. The molecule has 0 saturated heterocycles. The Morgan fingerprint density at radius 1 is 1.41 bits per heavy atom. The first-order valence-corrected chi connectivity index (χ1v) is 7.48. The zero-order valence-electron chi connectivity index (χ0n) is 13.7. The maximum atomic E-state index is 5.82. The Bertz CT molecular complexity index is 520. The highest BCUT2D eigenvalue weighted by atomic mass is 127. The van der Waals surface area contributed by atoms with Gasteiger partial charge in [0.25, 0.3) is 0 Å². The van der Waals surface area contributed by atoms with Gasteiger partial charge in [-0.25, -0.2) is 0 Å². The summed E-state index contributed by atoms with van der Waals surface area (Å²) < 4.78 is 11.3. The molecule has 1 aromatic carbocycles. The summed E-state index contributed by atoms with van der Waals surface area (Å²) in [6.07, 6.45) is 2.25. The Labute approximate surface area is 149 Å². The van der Waals surface area contributed by atoms with Gasteiger partial charge in [0.1, 0.15) is 17.6 Å². The number of guanidine groups is 1. The first-order chi connectivity index (χ1) is 10.2. The minimum Gasteiger partial charge on any atom is -0.496 e. The lowest BCUT2D eigenvalue weighted by Gasteiger charge is -2.14. The summed E-state index contributed by atoms with van der Waals surface area (Å²) in [5, 5.41) is 6.55. The molecule has 0 fully saturated rings. The monoisotopic (exact) mass is 419 g/mol. The second kappa shape index (κ2) is 9.07. The maximum absolute atomic E-state index is 5.82. The Morgan fingerprint density at radius 2 is 2.18 bits per heavy atom. The van der Waals surface area contributed by atoms with Gasteiger partial charge in [-0.3, -0.25) is 4.99 Å². The van der Waals surface area contributed by atoms with E-state index in [1.165, 1.54) is 5.56 Å².